The molecule has 0 aromatic heterocycles. The molecule has 0 unspecified atom stereocenters. The predicted octanol–water partition coefficient (Wildman–Crippen LogP) is 6.79. The van der Waals surface area contributed by atoms with E-state index in [0.29, 0.717) is 29.1 Å². The molecular formula is C28H24ClFN2O2. The fourth-order valence-electron chi connectivity index (χ4n) is 5.04. The summed E-state index contributed by atoms with van der Waals surface area (Å²) in [4.78, 5) is 28.7. The van der Waals surface area contributed by atoms with Gasteiger partial charge in [0.15, 0.2) is 5.78 Å². The Morgan fingerprint density at radius 3 is 2.50 bits per heavy atom. The zero-order valence-electron chi connectivity index (χ0n) is 18.7. The summed E-state index contributed by atoms with van der Waals surface area (Å²) in [5, 5.41) is 3.62. The molecule has 0 radical (unpaired) electrons. The molecule has 0 fully saturated rings. The summed E-state index contributed by atoms with van der Waals surface area (Å²) < 4.78 is 15.3. The third-order valence-electron chi connectivity index (χ3n) is 6.60. The van der Waals surface area contributed by atoms with Gasteiger partial charge in [-0.15, -0.1) is 0 Å². The van der Waals surface area contributed by atoms with E-state index in [9.17, 15) is 9.59 Å². The molecule has 0 saturated heterocycles. The van der Waals surface area contributed by atoms with Gasteiger partial charge in [0.25, 0.3) is 0 Å². The Labute approximate surface area is 203 Å². The van der Waals surface area contributed by atoms with Crippen molar-refractivity contribution in [2.45, 2.75) is 38.1 Å². The first-order valence-corrected chi connectivity index (χ1v) is 11.8. The van der Waals surface area contributed by atoms with Crippen LogP contribution in [0.5, 0.6) is 0 Å². The lowest BCUT2D eigenvalue weighted by atomic mass is 9.78. The zero-order valence-corrected chi connectivity index (χ0v) is 19.5. The van der Waals surface area contributed by atoms with Crippen LogP contribution in [0.15, 0.2) is 84.1 Å². The molecule has 0 saturated carbocycles. The Bertz CT molecular complexity index is 1280. The molecule has 1 heterocycles. The lowest BCUT2D eigenvalue weighted by Gasteiger charge is -2.35. The summed E-state index contributed by atoms with van der Waals surface area (Å²) in [5.41, 5.74) is 3.61. The molecule has 3 aromatic rings. The van der Waals surface area contributed by atoms with E-state index < -0.39 is 11.9 Å². The number of allylic oxidation sites excluding steroid dienone is 1. The molecule has 3 aromatic carbocycles. The van der Waals surface area contributed by atoms with Gasteiger partial charge in [0.1, 0.15) is 5.82 Å². The first kappa shape index (κ1) is 22.4. The fourth-order valence-corrected chi connectivity index (χ4v) is 5.31. The number of rotatable bonds is 3. The minimum atomic E-state index is -0.962. The van der Waals surface area contributed by atoms with Crippen molar-refractivity contribution in [2.75, 3.05) is 10.2 Å². The van der Waals surface area contributed by atoms with Crippen LogP contribution in [0.3, 0.4) is 0 Å². The highest BCUT2D eigenvalue weighted by atomic mass is 35.5. The maximum Gasteiger partial charge on any atom is 0.227 e. The van der Waals surface area contributed by atoms with Gasteiger partial charge >= 0.3 is 0 Å². The average molecular weight is 475 g/mol. The van der Waals surface area contributed by atoms with Crippen molar-refractivity contribution in [1.29, 1.82) is 0 Å². The summed E-state index contributed by atoms with van der Waals surface area (Å²) in [6.45, 7) is 1.76. The highest BCUT2D eigenvalue weighted by Gasteiger charge is 2.42. The van der Waals surface area contributed by atoms with Crippen LogP contribution in [0.25, 0.3) is 0 Å². The summed E-state index contributed by atoms with van der Waals surface area (Å²) in [7, 11) is 0. The van der Waals surface area contributed by atoms with E-state index in [1.54, 1.807) is 13.0 Å². The van der Waals surface area contributed by atoms with Gasteiger partial charge < -0.3 is 5.32 Å². The van der Waals surface area contributed by atoms with Crippen LogP contribution < -0.4 is 10.2 Å². The van der Waals surface area contributed by atoms with Crippen molar-refractivity contribution in [3.05, 3.63) is 106 Å². The van der Waals surface area contributed by atoms with Gasteiger partial charge in [0, 0.05) is 34.7 Å². The monoisotopic (exact) mass is 474 g/mol. The SMILES string of the molecule is CCC(=O)N1c2ccccc2NC2=C(C(=O)C[C@H](c3ccccc3)C2)[C@@H]1c1c(F)cccc1Cl. The topological polar surface area (TPSA) is 49.4 Å². The third kappa shape index (κ3) is 3.80. The zero-order chi connectivity index (χ0) is 23.8. The molecule has 5 rings (SSSR count). The molecular weight excluding hydrogens is 451 g/mol. The number of amides is 1. The lowest BCUT2D eigenvalue weighted by Crippen LogP contribution is -2.38. The number of carbonyl (C=O) groups excluding carboxylic acids is 2. The smallest absolute Gasteiger partial charge is 0.227 e. The van der Waals surface area contributed by atoms with Crippen molar-refractivity contribution in [1.82, 2.24) is 0 Å². The number of benzene rings is 3. The third-order valence-corrected chi connectivity index (χ3v) is 6.93. The van der Waals surface area contributed by atoms with E-state index in [4.69, 9.17) is 11.6 Å². The predicted molar refractivity (Wildman–Crippen MR) is 132 cm³/mol. The van der Waals surface area contributed by atoms with E-state index >= 15 is 4.39 Å². The molecule has 6 heteroatoms. The van der Waals surface area contributed by atoms with Crippen LogP contribution >= 0.6 is 11.6 Å². The van der Waals surface area contributed by atoms with Gasteiger partial charge in [-0.25, -0.2) is 4.39 Å². The molecule has 1 amide bonds. The molecule has 34 heavy (non-hydrogen) atoms. The molecule has 2 atom stereocenters. The first-order valence-electron chi connectivity index (χ1n) is 11.4. The number of halogens is 2. The number of Topliss-reactive ketones (excluding diaryl/α,β-unsaturated/α-hetero) is 1. The van der Waals surface area contributed by atoms with Crippen LogP contribution in [0.2, 0.25) is 5.02 Å². The van der Waals surface area contributed by atoms with E-state index in [1.165, 1.54) is 17.0 Å². The second-order valence-electron chi connectivity index (χ2n) is 8.63. The largest absolute Gasteiger partial charge is 0.357 e. The lowest BCUT2D eigenvalue weighted by molar-refractivity contribution is -0.119. The van der Waals surface area contributed by atoms with Crippen LogP contribution in [-0.4, -0.2) is 11.7 Å². The number of hydrogen-bond donors (Lipinski definition) is 1. The number of ketones is 1. The Morgan fingerprint density at radius 1 is 1.03 bits per heavy atom. The van der Waals surface area contributed by atoms with Gasteiger partial charge in [0.2, 0.25) is 5.91 Å². The number of nitrogens with zero attached hydrogens (tertiary/aromatic N) is 1. The second-order valence-corrected chi connectivity index (χ2v) is 9.04. The molecule has 1 aliphatic carbocycles. The summed E-state index contributed by atoms with van der Waals surface area (Å²) >= 11 is 6.53. The van der Waals surface area contributed by atoms with Crippen LogP contribution in [-0.2, 0) is 9.59 Å². The minimum absolute atomic E-state index is 0.0164. The van der Waals surface area contributed by atoms with Crippen molar-refractivity contribution in [2.24, 2.45) is 0 Å². The van der Waals surface area contributed by atoms with Gasteiger partial charge in [-0.05, 0) is 42.2 Å². The van der Waals surface area contributed by atoms with Crippen LogP contribution in [0, 0.1) is 5.82 Å². The van der Waals surface area contributed by atoms with Crippen molar-refractivity contribution in [3.8, 4) is 0 Å². The quantitative estimate of drug-likeness (QED) is 0.454. The van der Waals surface area contributed by atoms with E-state index in [2.05, 4.69) is 5.32 Å². The Kier molecular flexibility index (Phi) is 5.96. The number of anilines is 2. The molecule has 1 N–H and O–H groups in total. The summed E-state index contributed by atoms with van der Waals surface area (Å²) in [5.74, 6) is -0.896. The Balaban J connectivity index is 1.76. The summed E-state index contributed by atoms with van der Waals surface area (Å²) in [6.07, 6.45) is 1.04. The maximum atomic E-state index is 15.3. The van der Waals surface area contributed by atoms with Gasteiger partial charge in [-0.1, -0.05) is 67.1 Å². The average Bonchev–Trinajstić information content (AvgIpc) is 2.98. The van der Waals surface area contributed by atoms with Crippen molar-refractivity contribution >= 4 is 34.7 Å². The highest BCUT2D eigenvalue weighted by molar-refractivity contribution is 6.31. The van der Waals surface area contributed by atoms with Crippen molar-refractivity contribution < 1.29 is 14.0 Å². The van der Waals surface area contributed by atoms with Crippen LogP contribution in [0.1, 0.15) is 49.3 Å². The number of para-hydroxylation sites is 2. The van der Waals surface area contributed by atoms with Gasteiger partial charge in [0.05, 0.1) is 17.4 Å². The Morgan fingerprint density at radius 2 is 1.76 bits per heavy atom. The summed E-state index contributed by atoms with van der Waals surface area (Å²) in [6, 6.07) is 20.8. The van der Waals surface area contributed by atoms with Crippen LogP contribution in [0.4, 0.5) is 15.8 Å². The molecule has 4 nitrogen and oxygen atoms in total. The standard InChI is InChI=1S/C28H24ClFN2O2/c1-2-25(34)32-23-14-7-6-13-21(23)31-22-15-18(17-9-4-3-5-10-17)16-24(33)27(22)28(32)26-19(29)11-8-12-20(26)30/h3-14,18,28,31H,2,15-16H2,1H3/t18-,28+/m1/s1. The van der Waals surface area contributed by atoms with E-state index in [1.807, 2.05) is 54.6 Å². The fraction of sp³-hybridized carbons (Fsp3) is 0.214. The van der Waals surface area contributed by atoms with Gasteiger partial charge in [-0.2, -0.15) is 0 Å². The molecule has 0 spiro atoms. The van der Waals surface area contributed by atoms with E-state index in [-0.39, 0.29) is 41.0 Å². The molecule has 1 aliphatic heterocycles. The maximum absolute atomic E-state index is 15.3. The number of hydrogen-bond acceptors (Lipinski definition) is 3. The van der Waals surface area contributed by atoms with Crippen molar-refractivity contribution in [3.63, 3.8) is 0 Å². The minimum Gasteiger partial charge on any atom is -0.357 e. The molecule has 172 valence electrons. The highest BCUT2D eigenvalue weighted by Crippen LogP contribution is 2.49. The second kappa shape index (κ2) is 9.07. The number of fused-ring (bicyclic) bond motifs is 1. The number of carbonyl (C=O) groups is 2. The first-order chi connectivity index (χ1) is 16.5. The van der Waals surface area contributed by atoms with Gasteiger partial charge in [-0.3, -0.25) is 14.5 Å². The number of nitrogens with one attached hydrogen (secondary N) is 1. The normalized spacial score (nSPS) is 19.7. The molecule has 2 aliphatic rings. The molecule has 0 bridgehead atoms. The van der Waals surface area contributed by atoms with E-state index in [0.717, 1.165) is 5.56 Å². The Hall–Kier alpha value is -3.44.